The van der Waals surface area contributed by atoms with Gasteiger partial charge in [-0.3, -0.25) is 0 Å². The van der Waals surface area contributed by atoms with Gasteiger partial charge in [-0.25, -0.2) is 22.0 Å². The number of unbranched alkanes of at least 4 members (excludes halogenated alkanes) is 1. The van der Waals surface area contributed by atoms with Crippen molar-refractivity contribution in [2.24, 2.45) is 0 Å². The predicted octanol–water partition coefficient (Wildman–Crippen LogP) is 7.94. The van der Waals surface area contributed by atoms with Gasteiger partial charge in [0.1, 0.15) is 17.5 Å². The van der Waals surface area contributed by atoms with Crippen LogP contribution in [0.25, 0.3) is 21.9 Å². The van der Waals surface area contributed by atoms with Gasteiger partial charge in [0.15, 0.2) is 11.6 Å². The molecule has 4 aromatic rings. The summed E-state index contributed by atoms with van der Waals surface area (Å²) in [5.41, 5.74) is 1.18. The van der Waals surface area contributed by atoms with Crippen LogP contribution in [0.5, 0.6) is 0 Å². The van der Waals surface area contributed by atoms with Crippen molar-refractivity contribution >= 4 is 10.8 Å². The Morgan fingerprint density at radius 3 is 2.00 bits per heavy atom. The molecule has 166 valence electrons. The summed E-state index contributed by atoms with van der Waals surface area (Å²) in [6, 6.07) is 13.6. The lowest BCUT2D eigenvalue weighted by atomic mass is 9.99. The Balaban J connectivity index is 1.63. The maximum Gasteiger partial charge on any atom is 0.159 e. The lowest BCUT2D eigenvalue weighted by Gasteiger charge is -2.07. The minimum absolute atomic E-state index is 0.241. The quantitative estimate of drug-likeness (QED) is 0.219. The number of rotatable bonds is 4. The molecule has 0 aliphatic heterocycles. The van der Waals surface area contributed by atoms with Crippen LogP contribution in [0.4, 0.5) is 22.0 Å². The zero-order valence-corrected chi connectivity index (χ0v) is 17.8. The second-order valence-corrected chi connectivity index (χ2v) is 7.81. The number of hydrogen-bond acceptors (Lipinski definition) is 0. The van der Waals surface area contributed by atoms with E-state index >= 15 is 0 Å². The van der Waals surface area contributed by atoms with E-state index in [0.29, 0.717) is 28.3 Å². The number of hydrogen-bond donors (Lipinski definition) is 0. The van der Waals surface area contributed by atoms with Gasteiger partial charge in [0, 0.05) is 11.1 Å². The van der Waals surface area contributed by atoms with Crippen LogP contribution in [-0.4, -0.2) is 0 Å². The zero-order chi connectivity index (χ0) is 23.5. The van der Waals surface area contributed by atoms with E-state index in [2.05, 4.69) is 11.8 Å². The Morgan fingerprint density at radius 2 is 1.33 bits per heavy atom. The van der Waals surface area contributed by atoms with Crippen LogP contribution in [0.3, 0.4) is 0 Å². The summed E-state index contributed by atoms with van der Waals surface area (Å²) in [5, 5.41) is 0.924. The fourth-order valence-electron chi connectivity index (χ4n) is 3.64. The SMILES string of the molecule is CCCCc1cc(F)c(C#Cc2ccc(-c3ccc4cc(F)c(F)cc4c3)c(F)c2)c(F)c1. The molecule has 0 bridgehead atoms. The first-order valence-electron chi connectivity index (χ1n) is 10.5. The van der Waals surface area contributed by atoms with Gasteiger partial charge in [-0.15, -0.1) is 0 Å². The molecule has 4 aromatic carbocycles. The molecule has 0 aliphatic rings. The summed E-state index contributed by atoms with van der Waals surface area (Å²) in [4.78, 5) is 0. The highest BCUT2D eigenvalue weighted by Crippen LogP contribution is 2.28. The van der Waals surface area contributed by atoms with Gasteiger partial charge >= 0.3 is 0 Å². The second-order valence-electron chi connectivity index (χ2n) is 7.81. The fraction of sp³-hybridized carbons (Fsp3) is 0.143. The van der Waals surface area contributed by atoms with Crippen molar-refractivity contribution in [1.29, 1.82) is 0 Å². The molecule has 0 amide bonds. The van der Waals surface area contributed by atoms with Gasteiger partial charge in [0.05, 0.1) is 5.56 Å². The summed E-state index contributed by atoms with van der Waals surface area (Å²) >= 11 is 0. The Hall–Kier alpha value is -3.65. The highest BCUT2D eigenvalue weighted by atomic mass is 19.2. The van der Waals surface area contributed by atoms with Crippen LogP contribution in [0.15, 0.2) is 60.7 Å². The average molecular weight is 450 g/mol. The predicted molar refractivity (Wildman–Crippen MR) is 120 cm³/mol. The lowest BCUT2D eigenvalue weighted by Crippen LogP contribution is -1.95. The van der Waals surface area contributed by atoms with Gasteiger partial charge < -0.3 is 0 Å². The summed E-state index contributed by atoms with van der Waals surface area (Å²) in [6.45, 7) is 2.00. The highest BCUT2D eigenvalue weighted by Gasteiger charge is 2.11. The first-order chi connectivity index (χ1) is 15.9. The molecule has 0 saturated carbocycles. The first kappa shape index (κ1) is 22.5. The molecule has 0 aliphatic carbocycles. The van der Waals surface area contributed by atoms with Crippen molar-refractivity contribution in [1.82, 2.24) is 0 Å². The van der Waals surface area contributed by atoms with E-state index in [0.717, 1.165) is 25.0 Å². The van der Waals surface area contributed by atoms with Crippen LogP contribution in [-0.2, 0) is 6.42 Å². The molecule has 33 heavy (non-hydrogen) atoms. The zero-order valence-electron chi connectivity index (χ0n) is 17.8. The molecule has 5 heteroatoms. The molecule has 0 radical (unpaired) electrons. The Labute approximate surface area is 188 Å². The third kappa shape index (κ3) is 4.90. The molecule has 0 unspecified atom stereocenters. The minimum atomic E-state index is -0.983. The van der Waals surface area contributed by atoms with Crippen LogP contribution in [0, 0.1) is 40.9 Å². The normalized spacial score (nSPS) is 10.8. The molecule has 4 rings (SSSR count). The van der Waals surface area contributed by atoms with E-state index in [9.17, 15) is 22.0 Å². The van der Waals surface area contributed by atoms with Gasteiger partial charge in [0.25, 0.3) is 0 Å². The van der Waals surface area contributed by atoms with Crippen molar-refractivity contribution in [3.8, 4) is 23.0 Å². The molecule has 0 atom stereocenters. The van der Waals surface area contributed by atoms with E-state index < -0.39 is 29.1 Å². The molecule has 0 aromatic heterocycles. The summed E-state index contributed by atoms with van der Waals surface area (Å²) < 4.78 is 70.4. The molecule has 0 saturated heterocycles. The molecule has 0 spiro atoms. The standard InChI is InChI=1S/C28H19F5/c1-2-3-4-18-12-25(30)23(26(31)13-18)10-6-17-5-9-22(24(29)11-17)20-8-7-19-15-27(32)28(33)16-21(19)14-20/h5,7-9,11-16H,2-4H2,1H3. The van der Waals surface area contributed by atoms with Crippen LogP contribution in [0.1, 0.15) is 36.5 Å². The number of aryl methyl sites for hydroxylation is 1. The van der Waals surface area contributed by atoms with Crippen molar-refractivity contribution in [3.05, 3.63) is 106 Å². The molecule has 0 heterocycles. The van der Waals surface area contributed by atoms with E-state index in [4.69, 9.17) is 0 Å². The summed E-state index contributed by atoms with van der Waals surface area (Å²) in [5.74, 6) is 1.04. The van der Waals surface area contributed by atoms with Crippen molar-refractivity contribution < 1.29 is 22.0 Å². The van der Waals surface area contributed by atoms with E-state index in [1.54, 1.807) is 18.2 Å². The largest absolute Gasteiger partial charge is 0.206 e. The number of fused-ring (bicyclic) bond motifs is 1. The summed E-state index contributed by atoms with van der Waals surface area (Å²) in [6.07, 6.45) is 2.33. The average Bonchev–Trinajstić information content (AvgIpc) is 2.78. The van der Waals surface area contributed by atoms with Crippen LogP contribution >= 0.6 is 0 Å². The minimum Gasteiger partial charge on any atom is -0.206 e. The Bertz CT molecular complexity index is 1390. The third-order valence-corrected chi connectivity index (χ3v) is 5.41. The molecular formula is C28H19F5. The van der Waals surface area contributed by atoms with Crippen molar-refractivity contribution in [3.63, 3.8) is 0 Å². The summed E-state index contributed by atoms with van der Waals surface area (Å²) in [7, 11) is 0. The Morgan fingerprint density at radius 1 is 0.636 bits per heavy atom. The topological polar surface area (TPSA) is 0 Å². The smallest absolute Gasteiger partial charge is 0.159 e. The van der Waals surface area contributed by atoms with Gasteiger partial charge in [-0.2, -0.15) is 0 Å². The molecule has 0 fully saturated rings. The Kier molecular flexibility index (Phi) is 6.46. The molecule has 0 nitrogen and oxygen atoms in total. The third-order valence-electron chi connectivity index (χ3n) is 5.41. The fourth-order valence-corrected chi connectivity index (χ4v) is 3.64. The highest BCUT2D eigenvalue weighted by molar-refractivity contribution is 5.87. The van der Waals surface area contributed by atoms with Gasteiger partial charge in [-0.1, -0.05) is 43.4 Å². The molecule has 0 N–H and O–H groups in total. The number of benzene rings is 4. The first-order valence-corrected chi connectivity index (χ1v) is 10.5. The molecular weight excluding hydrogens is 431 g/mol. The number of halogens is 5. The maximum absolute atomic E-state index is 14.8. The van der Waals surface area contributed by atoms with Crippen molar-refractivity contribution in [2.45, 2.75) is 26.2 Å². The van der Waals surface area contributed by atoms with Gasteiger partial charge in [0.2, 0.25) is 0 Å². The monoisotopic (exact) mass is 450 g/mol. The van der Waals surface area contributed by atoms with Crippen LogP contribution in [0.2, 0.25) is 0 Å². The van der Waals surface area contributed by atoms with Crippen LogP contribution < -0.4 is 0 Å². The van der Waals surface area contributed by atoms with Gasteiger partial charge in [-0.05, 0) is 77.2 Å². The van der Waals surface area contributed by atoms with E-state index in [-0.39, 0.29) is 16.7 Å². The second kappa shape index (κ2) is 9.46. The lowest BCUT2D eigenvalue weighted by molar-refractivity contribution is 0.511. The van der Waals surface area contributed by atoms with E-state index in [1.807, 2.05) is 6.92 Å². The van der Waals surface area contributed by atoms with E-state index in [1.165, 1.54) is 30.3 Å². The van der Waals surface area contributed by atoms with Crippen molar-refractivity contribution in [2.75, 3.05) is 0 Å². The maximum atomic E-state index is 14.8.